The van der Waals surface area contributed by atoms with Crippen LogP contribution in [0.1, 0.15) is 0 Å². The van der Waals surface area contributed by atoms with Crippen LogP contribution in [0.2, 0.25) is 0 Å². The van der Waals surface area contributed by atoms with Crippen LogP contribution < -0.4 is 18.9 Å². The SMILES string of the molecule is c1ccc2c(c1)OCCO[CH+]COCCOc1ccccc1OCCOCCOCCO2. The van der Waals surface area contributed by atoms with Crippen LogP contribution >= 0.6 is 0 Å². The van der Waals surface area contributed by atoms with Crippen molar-refractivity contribution in [3.05, 3.63) is 55.1 Å². The maximum absolute atomic E-state index is 5.77. The predicted octanol–water partition coefficient (Wildman–Crippen LogP) is 3.14. The van der Waals surface area contributed by atoms with E-state index in [1.54, 1.807) is 6.61 Å². The van der Waals surface area contributed by atoms with Crippen molar-refractivity contribution < 1.29 is 37.9 Å². The lowest BCUT2D eigenvalue weighted by molar-refractivity contribution is 0.0262. The van der Waals surface area contributed by atoms with Gasteiger partial charge in [-0.05, 0) is 24.3 Å². The third kappa shape index (κ3) is 9.23. The first-order valence-electron chi connectivity index (χ1n) is 10.8. The van der Waals surface area contributed by atoms with E-state index in [1.807, 2.05) is 48.5 Å². The molecular weight excluding hydrogens is 416 g/mol. The molecule has 0 aliphatic carbocycles. The lowest BCUT2D eigenvalue weighted by Gasteiger charge is -2.13. The zero-order valence-electron chi connectivity index (χ0n) is 18.2. The zero-order chi connectivity index (χ0) is 22.1. The zero-order valence-corrected chi connectivity index (χ0v) is 18.2. The summed E-state index contributed by atoms with van der Waals surface area (Å²) in [6.07, 6.45) is 0. The average Bonchev–Trinajstić information content (AvgIpc) is 2.82. The van der Waals surface area contributed by atoms with E-state index in [9.17, 15) is 0 Å². The van der Waals surface area contributed by atoms with Gasteiger partial charge in [-0.15, -0.1) is 0 Å². The first kappa shape index (κ1) is 24.0. The largest absolute Gasteiger partial charge is 0.487 e. The Morgan fingerprint density at radius 1 is 0.438 bits per heavy atom. The number of rotatable bonds is 0. The Kier molecular flexibility index (Phi) is 11.4. The second-order valence-electron chi connectivity index (χ2n) is 6.62. The molecule has 0 N–H and O–H groups in total. The monoisotopic (exact) mass is 447 g/mol. The Labute approximate surface area is 189 Å². The van der Waals surface area contributed by atoms with E-state index in [0.717, 1.165) is 0 Å². The molecule has 8 heteroatoms. The highest BCUT2D eigenvalue weighted by Gasteiger charge is 2.07. The molecule has 0 unspecified atom stereocenters. The summed E-state index contributed by atoms with van der Waals surface area (Å²) >= 11 is 0. The van der Waals surface area contributed by atoms with Gasteiger partial charge in [0.25, 0.3) is 6.61 Å². The number of hydrogen-bond donors (Lipinski definition) is 0. The second-order valence-corrected chi connectivity index (χ2v) is 6.62. The van der Waals surface area contributed by atoms with Crippen LogP contribution in [0.25, 0.3) is 0 Å². The minimum atomic E-state index is 0.360. The van der Waals surface area contributed by atoms with Gasteiger partial charge in [0.15, 0.2) is 23.0 Å². The topological polar surface area (TPSA) is 73.8 Å². The molecule has 2 aromatic rings. The van der Waals surface area contributed by atoms with Gasteiger partial charge in [0.1, 0.15) is 33.0 Å². The molecule has 0 saturated carbocycles. The molecule has 0 radical (unpaired) electrons. The number of benzene rings is 2. The summed E-state index contributed by atoms with van der Waals surface area (Å²) in [5.74, 6) is 2.69. The van der Waals surface area contributed by atoms with Crippen LogP contribution in [0, 0.1) is 6.61 Å². The normalized spacial score (nSPS) is 18.0. The van der Waals surface area contributed by atoms with Crippen molar-refractivity contribution in [3.63, 3.8) is 0 Å². The van der Waals surface area contributed by atoms with Crippen LogP contribution in [0.3, 0.4) is 0 Å². The average molecular weight is 448 g/mol. The van der Waals surface area contributed by atoms with Gasteiger partial charge in [0.05, 0.1) is 33.0 Å². The van der Waals surface area contributed by atoms with Gasteiger partial charge in [0.2, 0.25) is 6.61 Å². The Balaban J connectivity index is 1.44. The van der Waals surface area contributed by atoms with Crippen molar-refractivity contribution in [1.29, 1.82) is 0 Å². The molecule has 1 heterocycles. The summed E-state index contributed by atoms with van der Waals surface area (Å²) in [6, 6.07) is 15.1. The van der Waals surface area contributed by atoms with Gasteiger partial charge in [-0.25, -0.2) is 0 Å². The third-order valence-electron chi connectivity index (χ3n) is 4.29. The minimum absolute atomic E-state index is 0.360. The summed E-state index contributed by atoms with van der Waals surface area (Å²) in [5.41, 5.74) is 0. The molecule has 1 aliphatic rings. The first-order chi connectivity index (χ1) is 15.9. The lowest BCUT2D eigenvalue weighted by Crippen LogP contribution is -2.14. The summed E-state index contributed by atoms with van der Waals surface area (Å²) < 4.78 is 45.1. The summed E-state index contributed by atoms with van der Waals surface area (Å²) in [4.78, 5) is 0. The van der Waals surface area contributed by atoms with Crippen LogP contribution in [0.15, 0.2) is 48.5 Å². The molecule has 0 aromatic heterocycles. The summed E-state index contributed by atoms with van der Waals surface area (Å²) in [7, 11) is 0. The highest BCUT2D eigenvalue weighted by Crippen LogP contribution is 2.27. The number of fused-ring (bicyclic) bond motifs is 2. The highest BCUT2D eigenvalue weighted by molar-refractivity contribution is 5.40. The van der Waals surface area contributed by atoms with E-state index in [-0.39, 0.29) is 0 Å². The molecule has 2 aromatic carbocycles. The number of hydrogen-bond acceptors (Lipinski definition) is 8. The van der Waals surface area contributed by atoms with Gasteiger partial charge in [-0.1, -0.05) is 24.3 Å². The van der Waals surface area contributed by atoms with Crippen molar-refractivity contribution >= 4 is 0 Å². The Morgan fingerprint density at radius 3 is 1.28 bits per heavy atom. The fourth-order valence-electron chi connectivity index (χ4n) is 2.79. The lowest BCUT2D eigenvalue weighted by atomic mass is 10.3. The Morgan fingerprint density at radius 2 is 0.812 bits per heavy atom. The van der Waals surface area contributed by atoms with E-state index in [2.05, 4.69) is 0 Å². The van der Waals surface area contributed by atoms with Gasteiger partial charge in [-0.3, -0.25) is 0 Å². The Bertz CT molecular complexity index is 629. The molecule has 1 aliphatic heterocycles. The molecule has 0 amide bonds. The third-order valence-corrected chi connectivity index (χ3v) is 4.29. The standard InChI is InChI=1S/C24H31O8/c1-2-6-22-21(5-1)29-17-13-25-9-10-27-15-19-31-23-7-3-4-8-24(23)32-20-16-28-12-11-26-14-18-30-22/h1-9H,10-20H2/q+1. The van der Waals surface area contributed by atoms with E-state index in [4.69, 9.17) is 37.9 Å². The Hall–Kier alpha value is -2.65. The molecule has 8 nitrogen and oxygen atoms in total. The quantitative estimate of drug-likeness (QED) is 0.571. The van der Waals surface area contributed by atoms with Crippen LogP contribution in [-0.4, -0.2) is 72.7 Å². The molecule has 3 rings (SSSR count). The van der Waals surface area contributed by atoms with E-state index >= 15 is 0 Å². The van der Waals surface area contributed by atoms with Crippen molar-refractivity contribution in [2.45, 2.75) is 0 Å². The van der Waals surface area contributed by atoms with E-state index in [0.29, 0.717) is 95.7 Å². The highest BCUT2D eigenvalue weighted by atomic mass is 16.6. The maximum Gasteiger partial charge on any atom is 0.254 e. The summed E-state index contributed by atoms with van der Waals surface area (Å²) in [5, 5.41) is 0. The minimum Gasteiger partial charge on any atom is -0.487 e. The van der Waals surface area contributed by atoms with E-state index in [1.165, 1.54) is 0 Å². The number of ether oxygens (including phenoxy) is 8. The van der Waals surface area contributed by atoms with Crippen molar-refractivity contribution in [2.24, 2.45) is 0 Å². The summed E-state index contributed by atoms with van der Waals surface area (Å²) in [6.45, 7) is 6.31. The van der Waals surface area contributed by atoms with E-state index < -0.39 is 0 Å². The maximum atomic E-state index is 5.77. The molecule has 0 saturated heterocycles. The fourth-order valence-corrected chi connectivity index (χ4v) is 2.79. The fraction of sp³-hybridized carbons (Fsp3) is 0.458. The molecule has 0 spiro atoms. The van der Waals surface area contributed by atoms with Crippen LogP contribution in [0.4, 0.5) is 0 Å². The molecule has 174 valence electrons. The van der Waals surface area contributed by atoms with Crippen molar-refractivity contribution in [2.75, 3.05) is 72.7 Å². The van der Waals surface area contributed by atoms with Gasteiger partial charge < -0.3 is 33.2 Å². The van der Waals surface area contributed by atoms with Gasteiger partial charge in [0, 0.05) is 0 Å². The molecule has 0 fully saturated rings. The predicted molar refractivity (Wildman–Crippen MR) is 118 cm³/mol. The van der Waals surface area contributed by atoms with Crippen LogP contribution in [0.5, 0.6) is 23.0 Å². The second kappa shape index (κ2) is 15.2. The van der Waals surface area contributed by atoms with Crippen LogP contribution in [-0.2, 0) is 18.9 Å². The molecule has 0 atom stereocenters. The molecular formula is C24H31O8+. The first-order valence-corrected chi connectivity index (χ1v) is 10.8. The number of para-hydroxylation sites is 4. The molecule has 0 bridgehead atoms. The molecule has 32 heavy (non-hydrogen) atoms. The smallest absolute Gasteiger partial charge is 0.254 e. The van der Waals surface area contributed by atoms with Gasteiger partial charge in [-0.2, -0.15) is 4.74 Å². The van der Waals surface area contributed by atoms with Gasteiger partial charge >= 0.3 is 0 Å². The van der Waals surface area contributed by atoms with Crippen molar-refractivity contribution in [3.8, 4) is 23.0 Å². The van der Waals surface area contributed by atoms with Crippen molar-refractivity contribution in [1.82, 2.24) is 0 Å².